The Morgan fingerprint density at radius 2 is 1.08 bits per heavy atom. The molecule has 0 aliphatic carbocycles. The first kappa shape index (κ1) is 27.1. The minimum atomic E-state index is 0. The second-order valence-electron chi connectivity index (χ2n) is 7.72. The van der Waals surface area contributed by atoms with E-state index in [9.17, 15) is 0 Å². The summed E-state index contributed by atoms with van der Waals surface area (Å²) in [4.78, 5) is 0.597. The molecule has 0 aliphatic rings. The van der Waals surface area contributed by atoms with Crippen molar-refractivity contribution in [2.45, 2.75) is 134 Å². The summed E-state index contributed by atoms with van der Waals surface area (Å²) in [6, 6.07) is 0. The third-order valence-corrected chi connectivity index (χ3v) is 5.55. The minimum Gasteiger partial charge on any atom is -0.325 e. The third-order valence-electron chi connectivity index (χ3n) is 5.10. The zero-order valence-corrected chi connectivity index (χ0v) is 20.1. The van der Waals surface area contributed by atoms with Crippen LogP contribution in [0, 0.1) is 0 Å². The third kappa shape index (κ3) is 17.7. The molecule has 0 saturated heterocycles. The molecule has 1 unspecified atom stereocenters. The lowest BCUT2D eigenvalue weighted by molar-refractivity contribution is 0.307. The van der Waals surface area contributed by atoms with Gasteiger partial charge < -0.3 is 5.73 Å². The van der Waals surface area contributed by atoms with Crippen LogP contribution in [0.25, 0.3) is 0 Å². The van der Waals surface area contributed by atoms with Crippen molar-refractivity contribution in [2.75, 3.05) is 0 Å². The van der Waals surface area contributed by atoms with Crippen molar-refractivity contribution in [1.29, 1.82) is 0 Å². The summed E-state index contributed by atoms with van der Waals surface area (Å²) in [6.45, 7) is 6.82. The molecule has 0 rings (SSSR count). The van der Waals surface area contributed by atoms with E-state index in [1.165, 1.54) is 103 Å². The molecule has 148 valence electrons. The number of nitrogens with two attached hydrogens (primary N) is 1. The number of unbranched alkanes of at least 4 members (excludes halogenated alkanes) is 10. The Hall–Kier alpha value is 0.920. The Morgan fingerprint density at radius 1 is 0.708 bits per heavy atom. The molecule has 0 aromatic carbocycles. The first-order chi connectivity index (χ1) is 11.0. The fraction of sp³-hybridized carbons (Fsp3) is 1.00. The van der Waals surface area contributed by atoms with Gasteiger partial charge in [0, 0.05) is 10.4 Å². The van der Waals surface area contributed by atoms with E-state index in [1.807, 2.05) is 0 Å². The highest BCUT2D eigenvalue weighted by Gasteiger charge is 2.24. The van der Waals surface area contributed by atoms with Crippen molar-refractivity contribution in [3.05, 3.63) is 0 Å². The van der Waals surface area contributed by atoms with Gasteiger partial charge in [0.1, 0.15) is 0 Å². The summed E-state index contributed by atoms with van der Waals surface area (Å²) < 4.78 is 0. The Labute approximate surface area is 172 Å². The van der Waals surface area contributed by atoms with Gasteiger partial charge >= 0.3 is 0 Å². The van der Waals surface area contributed by atoms with Crippen molar-refractivity contribution < 1.29 is 0 Å². The maximum absolute atomic E-state index is 6.81. The van der Waals surface area contributed by atoms with Crippen LogP contribution in [-0.2, 0) is 0 Å². The molecule has 0 aromatic heterocycles. The van der Waals surface area contributed by atoms with Gasteiger partial charge in [0.05, 0.1) is 0 Å². The van der Waals surface area contributed by atoms with Crippen LogP contribution >= 0.6 is 32.9 Å². The summed E-state index contributed by atoms with van der Waals surface area (Å²) in [5.41, 5.74) is 6.90. The second kappa shape index (κ2) is 18.7. The monoisotopic (exact) mass is 469 g/mol. The SMILES string of the molecule is Br.CCCCCCCCC(N)(CCCCCCCC)CCC(C)Br. The van der Waals surface area contributed by atoms with Crippen molar-refractivity contribution in [1.82, 2.24) is 0 Å². The summed E-state index contributed by atoms with van der Waals surface area (Å²) in [5.74, 6) is 0. The highest BCUT2D eigenvalue weighted by Crippen LogP contribution is 2.27. The highest BCUT2D eigenvalue weighted by atomic mass is 79.9. The molecule has 0 aromatic rings. The number of rotatable bonds is 17. The van der Waals surface area contributed by atoms with Crippen LogP contribution in [0.1, 0.15) is 124 Å². The Kier molecular flexibility index (Phi) is 21.2. The van der Waals surface area contributed by atoms with Gasteiger partial charge in [0.25, 0.3) is 0 Å². The van der Waals surface area contributed by atoms with Crippen LogP contribution < -0.4 is 5.73 Å². The lowest BCUT2D eigenvalue weighted by atomic mass is 9.83. The maximum Gasteiger partial charge on any atom is 0.0154 e. The van der Waals surface area contributed by atoms with Gasteiger partial charge in [-0.1, -0.05) is 114 Å². The van der Waals surface area contributed by atoms with Crippen LogP contribution in [0.4, 0.5) is 0 Å². The minimum absolute atomic E-state index is 0. The molecule has 0 bridgehead atoms. The van der Waals surface area contributed by atoms with Crippen molar-refractivity contribution >= 4 is 32.9 Å². The molecular formula is C21H45Br2N. The zero-order chi connectivity index (χ0) is 17.4. The Bertz CT molecular complexity index is 228. The summed E-state index contributed by atoms with van der Waals surface area (Å²) in [6.07, 6.45) is 21.3. The fourth-order valence-electron chi connectivity index (χ4n) is 3.38. The number of hydrogen-bond acceptors (Lipinski definition) is 1. The molecule has 3 heteroatoms. The van der Waals surface area contributed by atoms with Gasteiger partial charge in [-0.2, -0.15) is 0 Å². The standard InChI is InChI=1S/C21H44BrN.BrH/c1-4-6-8-10-12-14-17-21(23,19-16-20(3)22)18-15-13-11-9-7-5-2;/h20H,4-19,23H2,1-3H3;1H. The van der Waals surface area contributed by atoms with Crippen LogP contribution in [0.5, 0.6) is 0 Å². The topological polar surface area (TPSA) is 26.0 Å². The average molecular weight is 471 g/mol. The van der Waals surface area contributed by atoms with E-state index in [0.29, 0.717) is 4.83 Å². The Balaban J connectivity index is 0. The number of halogens is 2. The van der Waals surface area contributed by atoms with Crippen LogP contribution in [0.3, 0.4) is 0 Å². The lowest BCUT2D eigenvalue weighted by Gasteiger charge is -2.30. The van der Waals surface area contributed by atoms with Crippen molar-refractivity contribution in [3.63, 3.8) is 0 Å². The molecule has 24 heavy (non-hydrogen) atoms. The van der Waals surface area contributed by atoms with E-state index in [2.05, 4.69) is 36.7 Å². The highest BCUT2D eigenvalue weighted by molar-refractivity contribution is 9.09. The first-order valence-electron chi connectivity index (χ1n) is 10.5. The van der Waals surface area contributed by atoms with Crippen LogP contribution in [0.2, 0.25) is 0 Å². The maximum atomic E-state index is 6.81. The quantitative estimate of drug-likeness (QED) is 0.168. The zero-order valence-electron chi connectivity index (χ0n) is 16.8. The van der Waals surface area contributed by atoms with Gasteiger partial charge in [0.15, 0.2) is 0 Å². The Morgan fingerprint density at radius 3 is 1.46 bits per heavy atom. The van der Waals surface area contributed by atoms with E-state index in [1.54, 1.807) is 0 Å². The van der Waals surface area contributed by atoms with E-state index in [0.717, 1.165) is 0 Å². The molecule has 0 heterocycles. The van der Waals surface area contributed by atoms with E-state index >= 15 is 0 Å². The normalized spacial score (nSPS) is 12.9. The largest absolute Gasteiger partial charge is 0.325 e. The average Bonchev–Trinajstić information content (AvgIpc) is 2.52. The van der Waals surface area contributed by atoms with Gasteiger partial charge in [-0.3, -0.25) is 0 Å². The summed E-state index contributed by atoms with van der Waals surface area (Å²) >= 11 is 3.69. The molecule has 1 nitrogen and oxygen atoms in total. The second-order valence-corrected chi connectivity index (χ2v) is 9.28. The van der Waals surface area contributed by atoms with Gasteiger partial charge in [-0.15, -0.1) is 17.0 Å². The predicted octanol–water partition coefficient (Wildman–Crippen LogP) is 8.33. The molecule has 2 N–H and O–H groups in total. The van der Waals surface area contributed by atoms with Gasteiger partial charge in [-0.05, 0) is 25.7 Å². The predicted molar refractivity (Wildman–Crippen MR) is 121 cm³/mol. The summed E-state index contributed by atoms with van der Waals surface area (Å²) in [5, 5.41) is 0. The molecule has 0 amide bonds. The van der Waals surface area contributed by atoms with E-state index in [4.69, 9.17) is 5.73 Å². The number of alkyl halides is 1. The van der Waals surface area contributed by atoms with E-state index in [-0.39, 0.29) is 22.5 Å². The van der Waals surface area contributed by atoms with Crippen molar-refractivity contribution in [3.8, 4) is 0 Å². The molecule has 0 aliphatic heterocycles. The molecular weight excluding hydrogens is 426 g/mol. The van der Waals surface area contributed by atoms with Crippen LogP contribution in [-0.4, -0.2) is 10.4 Å². The molecule has 0 saturated carbocycles. The fourth-order valence-corrected chi connectivity index (χ4v) is 3.61. The van der Waals surface area contributed by atoms with Crippen molar-refractivity contribution in [2.24, 2.45) is 5.73 Å². The molecule has 0 fully saturated rings. The molecule has 1 atom stereocenters. The molecule has 0 radical (unpaired) electrons. The van der Waals surface area contributed by atoms with Crippen LogP contribution in [0.15, 0.2) is 0 Å². The molecule has 0 spiro atoms. The first-order valence-corrected chi connectivity index (χ1v) is 11.4. The summed E-state index contributed by atoms with van der Waals surface area (Å²) in [7, 11) is 0. The smallest absolute Gasteiger partial charge is 0.0154 e. The van der Waals surface area contributed by atoms with Gasteiger partial charge in [-0.25, -0.2) is 0 Å². The van der Waals surface area contributed by atoms with Gasteiger partial charge in [0.2, 0.25) is 0 Å². The number of hydrogen-bond donors (Lipinski definition) is 1. The van der Waals surface area contributed by atoms with E-state index < -0.39 is 0 Å². The lowest BCUT2D eigenvalue weighted by Crippen LogP contribution is -2.40.